The number of nitriles is 1. The Morgan fingerprint density at radius 3 is 2.56 bits per heavy atom. The van der Waals surface area contributed by atoms with E-state index in [1.807, 2.05) is 6.07 Å². The predicted octanol–water partition coefficient (Wildman–Crippen LogP) is 3.90. The molecule has 32 heavy (non-hydrogen) atoms. The second kappa shape index (κ2) is 9.10. The molecule has 0 aliphatic heterocycles. The first-order valence-electron chi connectivity index (χ1n) is 9.15. The van der Waals surface area contributed by atoms with Gasteiger partial charge in [-0.25, -0.2) is 27.2 Å². The summed E-state index contributed by atoms with van der Waals surface area (Å²) in [4.78, 5) is 20.6. The fraction of sp³-hybridized carbons (Fsp3) is 0.250. The highest BCUT2D eigenvalue weighted by Crippen LogP contribution is 2.27. The maximum Gasteiger partial charge on any atom is 0.299 e. The van der Waals surface area contributed by atoms with Gasteiger partial charge in [0.25, 0.3) is 6.43 Å². The molecule has 0 fully saturated rings. The van der Waals surface area contributed by atoms with Crippen LogP contribution in [0.3, 0.4) is 0 Å². The summed E-state index contributed by atoms with van der Waals surface area (Å²) < 4.78 is 51.2. The second-order valence-electron chi connectivity index (χ2n) is 7.03. The van der Waals surface area contributed by atoms with E-state index in [4.69, 9.17) is 16.9 Å². The van der Waals surface area contributed by atoms with Gasteiger partial charge < -0.3 is 0 Å². The second-order valence-corrected chi connectivity index (χ2v) is 9.49. The molecule has 3 aromatic rings. The molecule has 2 heterocycles. The Bertz CT molecular complexity index is 1320. The largest absolute Gasteiger partial charge is 0.299 e. The molecule has 0 amide bonds. The highest BCUT2D eigenvalue weighted by atomic mass is 35.5. The van der Waals surface area contributed by atoms with Crippen LogP contribution in [0.15, 0.2) is 41.4 Å². The van der Waals surface area contributed by atoms with Crippen LogP contribution >= 0.6 is 11.6 Å². The minimum absolute atomic E-state index is 0.0659. The first-order valence-corrected chi connectivity index (χ1v) is 11.4. The first kappa shape index (κ1) is 23.4. The zero-order valence-electron chi connectivity index (χ0n) is 16.8. The number of Topliss-reactive ketones (excluding diaryl/α,β-unsaturated/α-hetero) is 1. The highest BCUT2D eigenvalue weighted by Gasteiger charge is 2.25. The number of benzene rings is 1. The first-order chi connectivity index (χ1) is 15.0. The smallest absolute Gasteiger partial charge is 0.294 e. The van der Waals surface area contributed by atoms with Gasteiger partial charge in [-0.2, -0.15) is 9.94 Å². The summed E-state index contributed by atoms with van der Waals surface area (Å²) in [7, 11) is -3.59. The van der Waals surface area contributed by atoms with E-state index in [0.29, 0.717) is 0 Å². The van der Waals surface area contributed by atoms with Gasteiger partial charge in [-0.05, 0) is 30.3 Å². The Kier molecular flexibility index (Phi) is 6.66. The number of carbonyl (C=O) groups excluding carboxylic acids is 1. The van der Waals surface area contributed by atoms with Crippen LogP contribution in [-0.4, -0.2) is 40.2 Å². The van der Waals surface area contributed by atoms with E-state index in [-0.39, 0.29) is 39.1 Å². The molecular weight excluding hydrogens is 464 g/mol. The van der Waals surface area contributed by atoms with Gasteiger partial charge >= 0.3 is 0 Å². The molecule has 1 unspecified atom stereocenters. The van der Waals surface area contributed by atoms with Crippen molar-refractivity contribution in [1.82, 2.24) is 19.7 Å². The number of pyridine rings is 1. The topological polar surface area (TPSA) is 119 Å². The molecule has 0 radical (unpaired) electrons. The van der Waals surface area contributed by atoms with Crippen molar-refractivity contribution in [3.63, 3.8) is 0 Å². The molecule has 0 bridgehead atoms. The summed E-state index contributed by atoms with van der Waals surface area (Å²) in [5.41, 5.74) is 0.344. The van der Waals surface area contributed by atoms with Gasteiger partial charge in [0, 0.05) is 35.4 Å². The van der Waals surface area contributed by atoms with Gasteiger partial charge in [-0.1, -0.05) is 18.5 Å². The summed E-state index contributed by atoms with van der Waals surface area (Å²) in [6.45, 7) is 1.60. The Morgan fingerprint density at radius 2 is 2.00 bits per heavy atom. The zero-order valence-corrected chi connectivity index (χ0v) is 18.4. The molecule has 0 N–H and O–H groups in total. The van der Waals surface area contributed by atoms with E-state index in [1.54, 1.807) is 6.92 Å². The van der Waals surface area contributed by atoms with E-state index in [0.717, 1.165) is 10.9 Å². The predicted molar refractivity (Wildman–Crippen MR) is 111 cm³/mol. The van der Waals surface area contributed by atoms with Crippen molar-refractivity contribution in [3.8, 4) is 11.9 Å². The molecule has 2 aromatic heterocycles. The van der Waals surface area contributed by atoms with Crippen molar-refractivity contribution in [1.29, 1.82) is 5.26 Å². The minimum Gasteiger partial charge on any atom is -0.294 e. The van der Waals surface area contributed by atoms with E-state index in [2.05, 4.69) is 15.1 Å². The third-order valence-corrected chi connectivity index (χ3v) is 5.80. The van der Waals surface area contributed by atoms with Gasteiger partial charge in [0.2, 0.25) is 5.82 Å². The lowest BCUT2D eigenvalue weighted by molar-refractivity contribution is 0.0974. The molecule has 3 rings (SSSR count). The average Bonchev–Trinajstić information content (AvgIpc) is 3.18. The van der Waals surface area contributed by atoms with E-state index in [1.165, 1.54) is 36.5 Å². The summed E-state index contributed by atoms with van der Waals surface area (Å²) in [5, 5.41) is 12.8. The van der Waals surface area contributed by atoms with Crippen LogP contribution in [0.25, 0.3) is 5.82 Å². The minimum atomic E-state index is -3.59. The molecule has 12 heteroatoms. The van der Waals surface area contributed by atoms with Gasteiger partial charge in [-0.3, -0.25) is 4.79 Å². The third-order valence-electron chi connectivity index (χ3n) is 4.49. The van der Waals surface area contributed by atoms with Crippen molar-refractivity contribution in [2.75, 3.05) is 6.26 Å². The van der Waals surface area contributed by atoms with Gasteiger partial charge in [-0.15, -0.1) is 5.10 Å². The van der Waals surface area contributed by atoms with Crippen LogP contribution in [0.4, 0.5) is 8.78 Å². The number of sulfone groups is 1. The van der Waals surface area contributed by atoms with Crippen LogP contribution in [0.5, 0.6) is 0 Å². The lowest BCUT2D eigenvalue weighted by atomic mass is 9.99. The number of hydrogen-bond donors (Lipinski definition) is 0. The quantitative estimate of drug-likeness (QED) is 0.471. The SMILES string of the molecule is CC(CC(=O)c1cc(Cl)cc(S(C)(=O)=O)c1)c1nc(C(F)F)nn1-c1ccc(C#N)cn1. The number of halogens is 3. The van der Waals surface area contributed by atoms with Crippen LogP contribution in [0.1, 0.15) is 53.3 Å². The van der Waals surface area contributed by atoms with Crippen LogP contribution in [0.2, 0.25) is 5.02 Å². The Balaban J connectivity index is 1.95. The van der Waals surface area contributed by atoms with Crippen molar-refractivity contribution in [3.05, 3.63) is 64.3 Å². The average molecular weight is 480 g/mol. The molecule has 0 saturated heterocycles. The molecule has 1 aromatic carbocycles. The monoisotopic (exact) mass is 479 g/mol. The molecule has 0 aliphatic rings. The van der Waals surface area contributed by atoms with Crippen LogP contribution in [-0.2, 0) is 9.84 Å². The maximum absolute atomic E-state index is 13.2. The summed E-state index contributed by atoms with van der Waals surface area (Å²) in [6, 6.07) is 8.57. The zero-order chi connectivity index (χ0) is 23.6. The van der Waals surface area contributed by atoms with Gasteiger partial charge in [0.1, 0.15) is 11.9 Å². The number of rotatable bonds is 7. The Labute approximate surface area is 187 Å². The number of ketones is 1. The van der Waals surface area contributed by atoms with Crippen molar-refractivity contribution in [2.24, 2.45) is 0 Å². The lowest BCUT2D eigenvalue weighted by Gasteiger charge is -2.12. The van der Waals surface area contributed by atoms with Crippen molar-refractivity contribution < 1.29 is 22.0 Å². The van der Waals surface area contributed by atoms with E-state index in [9.17, 15) is 22.0 Å². The standard InChI is InChI=1S/C20H16ClF2N5O3S/c1-11(5-16(29)13-6-14(21)8-15(7-13)32(2,30)31)20-26-19(18(22)23)27-28(20)17-4-3-12(9-24)10-25-17/h3-4,6-8,10-11,18H,5H2,1-2H3. The molecule has 0 aliphatic carbocycles. The number of alkyl halides is 2. The van der Waals surface area contributed by atoms with E-state index >= 15 is 0 Å². The summed E-state index contributed by atoms with van der Waals surface area (Å²) >= 11 is 5.96. The molecular formula is C20H16ClF2N5O3S. The highest BCUT2D eigenvalue weighted by molar-refractivity contribution is 7.90. The Morgan fingerprint density at radius 1 is 1.28 bits per heavy atom. The molecule has 166 valence electrons. The third kappa shape index (κ3) is 5.15. The molecule has 8 nitrogen and oxygen atoms in total. The van der Waals surface area contributed by atoms with Crippen molar-refractivity contribution >= 4 is 27.2 Å². The lowest BCUT2D eigenvalue weighted by Crippen LogP contribution is -2.12. The van der Waals surface area contributed by atoms with Crippen LogP contribution < -0.4 is 0 Å². The fourth-order valence-electron chi connectivity index (χ4n) is 2.92. The Hall–Kier alpha value is -3.23. The number of aromatic nitrogens is 4. The van der Waals surface area contributed by atoms with E-state index < -0.39 is 33.8 Å². The molecule has 0 saturated carbocycles. The molecule has 1 atom stereocenters. The van der Waals surface area contributed by atoms with Crippen molar-refractivity contribution in [2.45, 2.75) is 30.6 Å². The molecule has 0 spiro atoms. The van der Waals surface area contributed by atoms with Gasteiger partial charge in [0.05, 0.1) is 10.5 Å². The van der Waals surface area contributed by atoms with Gasteiger partial charge in [0.15, 0.2) is 21.4 Å². The summed E-state index contributed by atoms with van der Waals surface area (Å²) in [6.07, 6.45) is -0.867. The van der Waals surface area contributed by atoms with Crippen LogP contribution in [0, 0.1) is 11.3 Å². The number of carbonyl (C=O) groups is 1. The maximum atomic E-state index is 13.2. The normalized spacial score (nSPS) is 12.5. The number of hydrogen-bond acceptors (Lipinski definition) is 7. The summed E-state index contributed by atoms with van der Waals surface area (Å²) in [5.74, 6) is -1.64. The number of nitrogens with zero attached hydrogens (tertiary/aromatic N) is 5. The fourth-order valence-corrected chi connectivity index (χ4v) is 3.91.